The molecular formula is C15H13ClN2O. The number of aromatic nitrogens is 1. The van der Waals surface area contributed by atoms with E-state index in [-0.39, 0.29) is 5.91 Å². The maximum absolute atomic E-state index is 12.4. The van der Waals surface area contributed by atoms with E-state index < -0.39 is 5.41 Å². The monoisotopic (exact) mass is 272 g/mol. The lowest BCUT2D eigenvalue weighted by atomic mass is 9.95. The Labute approximate surface area is 116 Å². The number of amides is 1. The Kier molecular flexibility index (Phi) is 2.99. The number of hydrogen-bond donors (Lipinski definition) is 1. The van der Waals surface area contributed by atoms with Gasteiger partial charge < -0.3 is 5.32 Å². The molecule has 1 saturated carbocycles. The SMILES string of the molecule is O=C(Nc1ccccn1)C1(c2ccccc2Cl)CC1. The van der Waals surface area contributed by atoms with Crippen molar-refractivity contribution >= 4 is 23.3 Å². The van der Waals surface area contributed by atoms with E-state index in [1.807, 2.05) is 36.4 Å². The van der Waals surface area contributed by atoms with Crippen molar-refractivity contribution in [3.63, 3.8) is 0 Å². The van der Waals surface area contributed by atoms with Gasteiger partial charge in [0, 0.05) is 11.2 Å². The second-order valence-corrected chi connectivity index (χ2v) is 5.14. The summed E-state index contributed by atoms with van der Waals surface area (Å²) < 4.78 is 0. The van der Waals surface area contributed by atoms with Gasteiger partial charge in [0.2, 0.25) is 5.91 Å². The Balaban J connectivity index is 1.86. The van der Waals surface area contributed by atoms with E-state index in [0.717, 1.165) is 18.4 Å². The van der Waals surface area contributed by atoms with Gasteiger partial charge in [-0.2, -0.15) is 0 Å². The van der Waals surface area contributed by atoms with Crippen LogP contribution in [0.5, 0.6) is 0 Å². The van der Waals surface area contributed by atoms with Gasteiger partial charge in [-0.15, -0.1) is 0 Å². The van der Waals surface area contributed by atoms with E-state index in [2.05, 4.69) is 10.3 Å². The van der Waals surface area contributed by atoms with E-state index >= 15 is 0 Å². The van der Waals surface area contributed by atoms with E-state index in [9.17, 15) is 4.79 Å². The fraction of sp³-hybridized carbons (Fsp3) is 0.200. The molecule has 0 radical (unpaired) electrons. The highest BCUT2D eigenvalue weighted by molar-refractivity contribution is 6.32. The molecule has 1 aromatic heterocycles. The fourth-order valence-corrected chi connectivity index (χ4v) is 2.58. The van der Waals surface area contributed by atoms with Crippen LogP contribution >= 0.6 is 11.6 Å². The first-order valence-corrected chi connectivity index (χ1v) is 6.58. The minimum Gasteiger partial charge on any atom is -0.310 e. The minimum absolute atomic E-state index is 0.0284. The van der Waals surface area contributed by atoms with Crippen LogP contribution in [-0.2, 0) is 10.2 Å². The van der Waals surface area contributed by atoms with Gasteiger partial charge in [0.05, 0.1) is 5.41 Å². The van der Waals surface area contributed by atoms with Crippen LogP contribution in [0.15, 0.2) is 48.7 Å². The van der Waals surface area contributed by atoms with Crippen molar-refractivity contribution in [1.82, 2.24) is 4.98 Å². The molecule has 1 heterocycles. The molecule has 1 N–H and O–H groups in total. The lowest BCUT2D eigenvalue weighted by Gasteiger charge is -2.16. The Morgan fingerprint density at radius 3 is 2.53 bits per heavy atom. The molecule has 0 aliphatic heterocycles. The first-order valence-electron chi connectivity index (χ1n) is 6.20. The van der Waals surface area contributed by atoms with Crippen LogP contribution < -0.4 is 5.32 Å². The highest BCUT2D eigenvalue weighted by Gasteiger charge is 2.52. The third-order valence-corrected chi connectivity index (χ3v) is 3.81. The lowest BCUT2D eigenvalue weighted by molar-refractivity contribution is -0.118. The Morgan fingerprint density at radius 2 is 1.89 bits per heavy atom. The number of nitrogens with one attached hydrogen (secondary N) is 1. The Bertz CT molecular complexity index is 609. The predicted octanol–water partition coefficient (Wildman–Crippen LogP) is 3.41. The summed E-state index contributed by atoms with van der Waals surface area (Å²) in [5.41, 5.74) is 0.431. The molecule has 4 heteroatoms. The van der Waals surface area contributed by atoms with Crippen molar-refractivity contribution in [2.75, 3.05) is 5.32 Å². The summed E-state index contributed by atoms with van der Waals surface area (Å²) in [5, 5.41) is 3.51. The number of halogens is 1. The molecule has 1 aromatic carbocycles. The van der Waals surface area contributed by atoms with Crippen LogP contribution in [0, 0.1) is 0 Å². The quantitative estimate of drug-likeness (QED) is 0.930. The third kappa shape index (κ3) is 2.22. The second kappa shape index (κ2) is 4.67. The minimum atomic E-state index is -0.476. The van der Waals surface area contributed by atoms with Crippen LogP contribution in [0.1, 0.15) is 18.4 Å². The van der Waals surface area contributed by atoms with E-state index in [1.165, 1.54) is 0 Å². The summed E-state index contributed by atoms with van der Waals surface area (Å²) in [7, 11) is 0. The van der Waals surface area contributed by atoms with Gasteiger partial charge in [-0.05, 0) is 36.6 Å². The summed E-state index contributed by atoms with van der Waals surface area (Å²) in [6.07, 6.45) is 3.31. The molecule has 1 amide bonds. The number of carbonyl (C=O) groups excluding carboxylic acids is 1. The van der Waals surface area contributed by atoms with Gasteiger partial charge in [0.15, 0.2) is 0 Å². The number of hydrogen-bond acceptors (Lipinski definition) is 2. The Morgan fingerprint density at radius 1 is 1.16 bits per heavy atom. The second-order valence-electron chi connectivity index (χ2n) is 4.73. The molecule has 2 aromatic rings. The fourth-order valence-electron chi connectivity index (χ4n) is 2.27. The molecule has 19 heavy (non-hydrogen) atoms. The van der Waals surface area contributed by atoms with E-state index in [1.54, 1.807) is 12.3 Å². The van der Waals surface area contributed by atoms with Crippen molar-refractivity contribution in [3.05, 3.63) is 59.2 Å². The molecule has 1 aliphatic carbocycles. The molecule has 0 saturated heterocycles. The number of carbonyl (C=O) groups is 1. The zero-order chi connectivity index (χ0) is 13.3. The lowest BCUT2D eigenvalue weighted by Crippen LogP contribution is -2.28. The molecule has 0 atom stereocenters. The highest BCUT2D eigenvalue weighted by atomic mass is 35.5. The normalized spacial score (nSPS) is 15.8. The van der Waals surface area contributed by atoms with E-state index in [4.69, 9.17) is 11.6 Å². The number of anilines is 1. The van der Waals surface area contributed by atoms with E-state index in [0.29, 0.717) is 10.8 Å². The van der Waals surface area contributed by atoms with Crippen molar-refractivity contribution < 1.29 is 4.79 Å². The number of benzene rings is 1. The maximum Gasteiger partial charge on any atom is 0.236 e. The molecule has 0 unspecified atom stereocenters. The Hall–Kier alpha value is -1.87. The van der Waals surface area contributed by atoms with Gasteiger partial charge >= 0.3 is 0 Å². The van der Waals surface area contributed by atoms with Crippen molar-refractivity contribution in [3.8, 4) is 0 Å². The largest absolute Gasteiger partial charge is 0.310 e. The molecule has 1 aliphatic rings. The van der Waals surface area contributed by atoms with Crippen LogP contribution in [-0.4, -0.2) is 10.9 Å². The molecule has 1 fully saturated rings. The van der Waals surface area contributed by atoms with Gasteiger partial charge in [-0.1, -0.05) is 35.9 Å². The molecule has 96 valence electrons. The standard InChI is InChI=1S/C15H13ClN2O/c16-12-6-2-1-5-11(12)15(8-9-15)14(19)18-13-7-3-4-10-17-13/h1-7,10H,8-9H2,(H,17,18,19). The van der Waals surface area contributed by atoms with Crippen LogP contribution in [0.25, 0.3) is 0 Å². The van der Waals surface area contributed by atoms with Gasteiger partial charge in [-0.3, -0.25) is 4.79 Å². The molecule has 3 nitrogen and oxygen atoms in total. The van der Waals surface area contributed by atoms with Crippen molar-refractivity contribution in [2.45, 2.75) is 18.3 Å². The zero-order valence-corrected chi connectivity index (χ0v) is 11.0. The van der Waals surface area contributed by atoms with Crippen molar-refractivity contribution in [2.24, 2.45) is 0 Å². The summed E-state index contributed by atoms with van der Waals surface area (Å²) in [6, 6.07) is 13.0. The zero-order valence-electron chi connectivity index (χ0n) is 10.3. The van der Waals surface area contributed by atoms with Crippen LogP contribution in [0.4, 0.5) is 5.82 Å². The number of pyridine rings is 1. The topological polar surface area (TPSA) is 42.0 Å². The molecular weight excluding hydrogens is 260 g/mol. The molecule has 0 bridgehead atoms. The molecule has 3 rings (SSSR count). The molecule has 0 spiro atoms. The summed E-state index contributed by atoms with van der Waals surface area (Å²) >= 11 is 6.20. The van der Waals surface area contributed by atoms with Crippen molar-refractivity contribution in [1.29, 1.82) is 0 Å². The summed E-state index contributed by atoms with van der Waals surface area (Å²) in [4.78, 5) is 16.6. The number of rotatable bonds is 3. The average Bonchev–Trinajstić information content (AvgIpc) is 3.22. The smallest absolute Gasteiger partial charge is 0.236 e. The first kappa shape index (κ1) is 12.2. The van der Waals surface area contributed by atoms with Gasteiger partial charge in [0.1, 0.15) is 5.82 Å². The van der Waals surface area contributed by atoms with Gasteiger partial charge in [-0.25, -0.2) is 4.98 Å². The average molecular weight is 273 g/mol. The highest BCUT2D eigenvalue weighted by Crippen LogP contribution is 2.51. The summed E-state index contributed by atoms with van der Waals surface area (Å²) in [6.45, 7) is 0. The summed E-state index contributed by atoms with van der Waals surface area (Å²) in [5.74, 6) is 0.546. The predicted molar refractivity (Wildman–Crippen MR) is 75.2 cm³/mol. The third-order valence-electron chi connectivity index (χ3n) is 3.48. The number of nitrogens with zero attached hydrogens (tertiary/aromatic N) is 1. The van der Waals surface area contributed by atoms with Crippen LogP contribution in [0.2, 0.25) is 5.02 Å². The maximum atomic E-state index is 12.4. The van der Waals surface area contributed by atoms with Crippen LogP contribution in [0.3, 0.4) is 0 Å². The first-order chi connectivity index (χ1) is 9.22. The van der Waals surface area contributed by atoms with Gasteiger partial charge in [0.25, 0.3) is 0 Å².